The zero-order valence-electron chi connectivity index (χ0n) is 9.17. The molecule has 0 bridgehead atoms. The van der Waals surface area contributed by atoms with E-state index in [0.717, 1.165) is 0 Å². The molecule has 0 saturated carbocycles. The van der Waals surface area contributed by atoms with Crippen molar-refractivity contribution in [2.45, 2.75) is 6.92 Å². The Morgan fingerprint density at radius 3 is 2.88 bits per heavy atom. The number of benzene rings is 1. The summed E-state index contributed by atoms with van der Waals surface area (Å²) in [4.78, 5) is 22.6. The zero-order valence-corrected chi connectivity index (χ0v) is 9.17. The molecule has 0 atom stereocenters. The number of nitrogens with one attached hydrogen (secondary N) is 1. The van der Waals surface area contributed by atoms with Crippen LogP contribution in [0.15, 0.2) is 39.8 Å². The minimum absolute atomic E-state index is 0.291. The fourth-order valence-electron chi connectivity index (χ4n) is 1.44. The third-order valence-electron chi connectivity index (χ3n) is 2.14. The lowest BCUT2D eigenvalue weighted by Crippen LogP contribution is -2.34. The van der Waals surface area contributed by atoms with Crippen LogP contribution in [-0.2, 0) is 4.74 Å². The summed E-state index contributed by atoms with van der Waals surface area (Å²) in [5.74, 6) is -0.447. The Hall–Kier alpha value is -2.37. The maximum absolute atomic E-state index is 11.7. The monoisotopic (exact) mass is 235 g/mol. The standard InChI is InChI=1S/C11H10N2O4/c1-2-16-11(15)8-5-3-4-6-9(8)13-7-10(14)17-12-13/h3-7H,2H2,1H3/p+1. The minimum atomic E-state index is -0.524. The van der Waals surface area contributed by atoms with Crippen molar-refractivity contribution >= 4 is 5.97 Å². The van der Waals surface area contributed by atoms with Gasteiger partial charge in [-0.25, -0.2) is 9.59 Å². The van der Waals surface area contributed by atoms with Gasteiger partial charge < -0.3 is 4.74 Å². The van der Waals surface area contributed by atoms with Gasteiger partial charge in [-0.3, -0.25) is 4.52 Å². The highest BCUT2D eigenvalue weighted by atomic mass is 16.5. The Morgan fingerprint density at radius 1 is 1.47 bits per heavy atom. The third-order valence-corrected chi connectivity index (χ3v) is 2.14. The second-order valence-electron chi connectivity index (χ2n) is 3.25. The minimum Gasteiger partial charge on any atom is -0.462 e. The number of carbonyl (C=O) groups excluding carboxylic acids is 1. The van der Waals surface area contributed by atoms with Crippen molar-refractivity contribution in [1.29, 1.82) is 0 Å². The van der Waals surface area contributed by atoms with Crippen LogP contribution in [0.3, 0.4) is 0 Å². The Bertz CT molecular complexity index is 585. The van der Waals surface area contributed by atoms with E-state index in [9.17, 15) is 9.59 Å². The Labute approximate surface area is 96.4 Å². The molecular weight excluding hydrogens is 224 g/mol. The summed E-state index contributed by atoms with van der Waals surface area (Å²) in [6.07, 6.45) is 1.21. The first-order chi connectivity index (χ1) is 8.22. The molecule has 17 heavy (non-hydrogen) atoms. The van der Waals surface area contributed by atoms with Crippen molar-refractivity contribution < 1.29 is 18.7 Å². The van der Waals surface area contributed by atoms with E-state index in [1.807, 2.05) is 0 Å². The van der Waals surface area contributed by atoms with E-state index in [2.05, 4.69) is 9.79 Å². The van der Waals surface area contributed by atoms with Crippen molar-refractivity contribution in [2.75, 3.05) is 6.61 Å². The molecule has 0 aliphatic heterocycles. The average molecular weight is 235 g/mol. The average Bonchev–Trinajstić information content (AvgIpc) is 2.76. The fraction of sp³-hybridized carbons (Fsp3) is 0.182. The largest absolute Gasteiger partial charge is 0.462 e. The van der Waals surface area contributed by atoms with Crippen LogP contribution >= 0.6 is 0 Å². The van der Waals surface area contributed by atoms with Crippen molar-refractivity contribution in [3.8, 4) is 5.69 Å². The number of carbonyl (C=O) groups is 1. The molecular formula is C11H11N2O4+. The van der Waals surface area contributed by atoms with Crippen LogP contribution in [-0.4, -0.2) is 17.8 Å². The molecule has 1 heterocycles. The molecule has 1 N–H and O–H groups in total. The molecule has 6 nitrogen and oxygen atoms in total. The lowest BCUT2D eigenvalue weighted by molar-refractivity contribution is -0.670. The van der Waals surface area contributed by atoms with Crippen LogP contribution in [0.4, 0.5) is 0 Å². The van der Waals surface area contributed by atoms with Crippen LogP contribution < -0.4 is 10.3 Å². The van der Waals surface area contributed by atoms with E-state index >= 15 is 0 Å². The number of H-pyrrole nitrogens is 1. The van der Waals surface area contributed by atoms with Gasteiger partial charge in [0.25, 0.3) is 11.9 Å². The number of esters is 1. The quantitative estimate of drug-likeness (QED) is 0.618. The van der Waals surface area contributed by atoms with Crippen molar-refractivity contribution in [3.63, 3.8) is 0 Å². The molecule has 0 amide bonds. The van der Waals surface area contributed by atoms with Gasteiger partial charge in [0.2, 0.25) is 0 Å². The molecule has 0 saturated heterocycles. The highest BCUT2D eigenvalue weighted by Crippen LogP contribution is 2.09. The first-order valence-electron chi connectivity index (χ1n) is 5.09. The molecule has 0 spiro atoms. The number of ether oxygens (including phenoxy) is 1. The summed E-state index contributed by atoms with van der Waals surface area (Å²) in [5, 5.41) is 2.38. The predicted octanol–water partition coefficient (Wildman–Crippen LogP) is 0.421. The van der Waals surface area contributed by atoms with Crippen LogP contribution in [0.2, 0.25) is 0 Å². The van der Waals surface area contributed by atoms with Gasteiger partial charge in [-0.15, -0.1) is 0 Å². The van der Waals surface area contributed by atoms with Gasteiger partial charge >= 0.3 is 11.6 Å². The van der Waals surface area contributed by atoms with Crippen molar-refractivity contribution in [1.82, 2.24) is 5.27 Å². The number of para-hydroxylation sites is 1. The molecule has 88 valence electrons. The summed E-state index contributed by atoms with van der Waals surface area (Å²) in [7, 11) is 0. The highest BCUT2D eigenvalue weighted by Gasteiger charge is 2.21. The number of hydrogen-bond acceptors (Lipinski definition) is 4. The SMILES string of the molecule is CCOC(=O)c1ccccc1-[n+]1cc(=O)o[nH]1. The van der Waals surface area contributed by atoms with Crippen LogP contribution in [0.25, 0.3) is 5.69 Å². The molecule has 6 heteroatoms. The molecule has 0 radical (unpaired) electrons. The molecule has 0 unspecified atom stereocenters. The Kier molecular flexibility index (Phi) is 3.04. The molecule has 0 aliphatic rings. The molecule has 1 aromatic carbocycles. The molecule has 0 aliphatic carbocycles. The van der Waals surface area contributed by atoms with E-state index in [-0.39, 0.29) is 0 Å². The summed E-state index contributed by atoms with van der Waals surface area (Å²) >= 11 is 0. The van der Waals surface area contributed by atoms with E-state index in [4.69, 9.17) is 4.74 Å². The van der Waals surface area contributed by atoms with Crippen LogP contribution in [0, 0.1) is 0 Å². The van der Waals surface area contributed by atoms with E-state index in [1.54, 1.807) is 31.2 Å². The van der Waals surface area contributed by atoms with Gasteiger partial charge in [0.15, 0.2) is 0 Å². The number of aromatic amines is 1. The maximum Gasteiger partial charge on any atom is 0.427 e. The lowest BCUT2D eigenvalue weighted by Gasteiger charge is -2.01. The molecule has 0 fully saturated rings. The van der Waals surface area contributed by atoms with Gasteiger partial charge in [-0.1, -0.05) is 12.1 Å². The molecule has 1 aromatic heterocycles. The normalized spacial score (nSPS) is 10.2. The summed E-state index contributed by atoms with van der Waals surface area (Å²) in [5.41, 5.74) is 0.330. The zero-order chi connectivity index (χ0) is 12.3. The second kappa shape index (κ2) is 4.65. The third kappa shape index (κ3) is 2.25. The highest BCUT2D eigenvalue weighted by molar-refractivity contribution is 5.92. The van der Waals surface area contributed by atoms with Crippen molar-refractivity contribution in [3.05, 3.63) is 46.4 Å². The van der Waals surface area contributed by atoms with Crippen molar-refractivity contribution in [2.24, 2.45) is 0 Å². The number of aromatic nitrogens is 2. The summed E-state index contributed by atoms with van der Waals surface area (Å²) in [6, 6.07) is 6.76. The first kappa shape index (κ1) is 11.1. The van der Waals surface area contributed by atoms with Gasteiger partial charge in [0, 0.05) is 6.07 Å². The van der Waals surface area contributed by atoms with Gasteiger partial charge in [-0.05, 0) is 22.9 Å². The second-order valence-corrected chi connectivity index (χ2v) is 3.25. The van der Waals surface area contributed by atoms with Gasteiger partial charge in [0.1, 0.15) is 5.56 Å². The first-order valence-corrected chi connectivity index (χ1v) is 5.09. The summed E-state index contributed by atoms with van der Waals surface area (Å²) < 4.78 is 10.8. The molecule has 2 rings (SSSR count). The van der Waals surface area contributed by atoms with E-state index in [0.29, 0.717) is 17.9 Å². The maximum atomic E-state index is 11.7. The van der Waals surface area contributed by atoms with Crippen LogP contribution in [0.1, 0.15) is 17.3 Å². The number of rotatable bonds is 3. The predicted molar refractivity (Wildman–Crippen MR) is 56.8 cm³/mol. The topological polar surface area (TPSA) is 76.2 Å². The Balaban J connectivity index is 2.47. The molecule has 2 aromatic rings. The van der Waals surface area contributed by atoms with Gasteiger partial charge in [0.05, 0.1) is 6.61 Å². The lowest BCUT2D eigenvalue weighted by atomic mass is 10.2. The number of nitrogens with zero attached hydrogens (tertiary/aromatic N) is 1. The fourth-order valence-corrected chi connectivity index (χ4v) is 1.44. The van der Waals surface area contributed by atoms with E-state index in [1.165, 1.54) is 10.9 Å². The van der Waals surface area contributed by atoms with Gasteiger partial charge in [-0.2, -0.15) is 0 Å². The number of hydrogen-bond donors (Lipinski definition) is 1. The van der Waals surface area contributed by atoms with E-state index < -0.39 is 11.6 Å². The Morgan fingerprint density at radius 2 is 2.24 bits per heavy atom. The van der Waals surface area contributed by atoms with Crippen LogP contribution in [0.5, 0.6) is 0 Å². The smallest absolute Gasteiger partial charge is 0.427 e. The summed E-state index contributed by atoms with van der Waals surface area (Å²) in [6.45, 7) is 2.02.